The SMILES string of the molecule is O=C(O)C1(Cc2ncccc2F)CC1. The molecule has 0 saturated heterocycles. The molecule has 1 aliphatic rings. The van der Waals surface area contributed by atoms with Crippen LogP contribution in [0.4, 0.5) is 4.39 Å². The number of aliphatic carboxylic acids is 1. The average molecular weight is 195 g/mol. The standard InChI is InChI=1S/C10H10FNO2/c11-7-2-1-5-12-8(7)6-10(3-4-10)9(13)14/h1-2,5H,3-4,6H2,(H,13,14). The summed E-state index contributed by atoms with van der Waals surface area (Å²) < 4.78 is 13.2. The van der Waals surface area contributed by atoms with Gasteiger partial charge in [-0.25, -0.2) is 4.39 Å². The molecule has 1 aromatic heterocycles. The predicted octanol–water partition coefficient (Wildman–Crippen LogP) is 1.63. The van der Waals surface area contributed by atoms with E-state index in [-0.39, 0.29) is 12.1 Å². The van der Waals surface area contributed by atoms with Gasteiger partial charge in [0.05, 0.1) is 11.1 Å². The minimum atomic E-state index is -0.845. The lowest BCUT2D eigenvalue weighted by atomic mass is 10.00. The molecule has 2 rings (SSSR count). The second kappa shape index (κ2) is 3.04. The maximum atomic E-state index is 13.2. The van der Waals surface area contributed by atoms with Crippen LogP contribution in [0.2, 0.25) is 0 Å². The van der Waals surface area contributed by atoms with Crippen molar-refractivity contribution in [3.63, 3.8) is 0 Å². The fourth-order valence-corrected chi connectivity index (χ4v) is 1.49. The van der Waals surface area contributed by atoms with Crippen LogP contribution in [-0.2, 0) is 11.2 Å². The summed E-state index contributed by atoms with van der Waals surface area (Å²) in [6, 6.07) is 2.80. The van der Waals surface area contributed by atoms with Crippen LogP contribution in [0.1, 0.15) is 18.5 Å². The Hall–Kier alpha value is -1.45. The second-order valence-electron chi connectivity index (χ2n) is 3.69. The van der Waals surface area contributed by atoms with Gasteiger partial charge in [0.2, 0.25) is 0 Å². The maximum Gasteiger partial charge on any atom is 0.310 e. The number of aromatic nitrogens is 1. The number of carbonyl (C=O) groups is 1. The lowest BCUT2D eigenvalue weighted by molar-refractivity contribution is -0.143. The Bertz CT molecular complexity index is 374. The molecule has 1 heterocycles. The van der Waals surface area contributed by atoms with Gasteiger partial charge in [-0.2, -0.15) is 0 Å². The van der Waals surface area contributed by atoms with Crippen molar-refractivity contribution in [3.8, 4) is 0 Å². The zero-order valence-corrected chi connectivity index (χ0v) is 7.53. The van der Waals surface area contributed by atoms with Crippen LogP contribution in [0.3, 0.4) is 0 Å². The smallest absolute Gasteiger partial charge is 0.310 e. The van der Waals surface area contributed by atoms with Crippen LogP contribution < -0.4 is 0 Å². The van der Waals surface area contributed by atoms with Crippen molar-refractivity contribution in [2.45, 2.75) is 19.3 Å². The molecular formula is C10H10FNO2. The van der Waals surface area contributed by atoms with Crippen molar-refractivity contribution in [2.24, 2.45) is 5.41 Å². The van der Waals surface area contributed by atoms with Crippen molar-refractivity contribution in [1.82, 2.24) is 4.98 Å². The molecule has 0 radical (unpaired) electrons. The third kappa shape index (κ3) is 1.47. The number of rotatable bonds is 3. The lowest BCUT2D eigenvalue weighted by Crippen LogP contribution is -2.18. The van der Waals surface area contributed by atoms with E-state index in [1.54, 1.807) is 0 Å². The van der Waals surface area contributed by atoms with Gasteiger partial charge in [-0.05, 0) is 25.0 Å². The maximum absolute atomic E-state index is 13.2. The zero-order valence-electron chi connectivity index (χ0n) is 7.53. The van der Waals surface area contributed by atoms with E-state index in [4.69, 9.17) is 5.11 Å². The summed E-state index contributed by atoms with van der Waals surface area (Å²) in [5.74, 6) is -1.26. The molecular weight excluding hydrogens is 185 g/mol. The highest BCUT2D eigenvalue weighted by Gasteiger charge is 2.50. The third-order valence-electron chi connectivity index (χ3n) is 2.65. The highest BCUT2D eigenvalue weighted by Crippen LogP contribution is 2.48. The first-order valence-electron chi connectivity index (χ1n) is 4.47. The van der Waals surface area contributed by atoms with E-state index >= 15 is 0 Å². The first-order chi connectivity index (χ1) is 6.64. The number of halogens is 1. The van der Waals surface area contributed by atoms with Gasteiger partial charge in [0.15, 0.2) is 0 Å². The van der Waals surface area contributed by atoms with Crippen molar-refractivity contribution >= 4 is 5.97 Å². The first-order valence-corrected chi connectivity index (χ1v) is 4.47. The average Bonchev–Trinajstić information content (AvgIpc) is 2.90. The molecule has 14 heavy (non-hydrogen) atoms. The Labute approximate surface area is 80.6 Å². The Morgan fingerprint density at radius 3 is 2.86 bits per heavy atom. The van der Waals surface area contributed by atoms with E-state index in [2.05, 4.69) is 4.98 Å². The number of carboxylic acid groups (broad SMARTS) is 1. The fraction of sp³-hybridized carbons (Fsp3) is 0.400. The van der Waals surface area contributed by atoms with E-state index < -0.39 is 17.2 Å². The summed E-state index contributed by atoms with van der Waals surface area (Å²) in [6.07, 6.45) is 2.93. The summed E-state index contributed by atoms with van der Waals surface area (Å²) in [4.78, 5) is 14.7. The topological polar surface area (TPSA) is 50.2 Å². The number of hydrogen-bond acceptors (Lipinski definition) is 2. The molecule has 1 saturated carbocycles. The van der Waals surface area contributed by atoms with Gasteiger partial charge in [0.1, 0.15) is 5.82 Å². The van der Waals surface area contributed by atoms with Gasteiger partial charge in [0.25, 0.3) is 0 Å². The second-order valence-corrected chi connectivity index (χ2v) is 3.69. The van der Waals surface area contributed by atoms with Gasteiger partial charge >= 0.3 is 5.97 Å². The summed E-state index contributed by atoms with van der Waals surface area (Å²) in [6.45, 7) is 0. The van der Waals surface area contributed by atoms with E-state index in [0.29, 0.717) is 12.8 Å². The van der Waals surface area contributed by atoms with Crippen LogP contribution in [0.15, 0.2) is 18.3 Å². The lowest BCUT2D eigenvalue weighted by Gasteiger charge is -2.08. The van der Waals surface area contributed by atoms with Gasteiger partial charge in [-0.15, -0.1) is 0 Å². The fourth-order valence-electron chi connectivity index (χ4n) is 1.49. The molecule has 1 aliphatic carbocycles. The van der Waals surface area contributed by atoms with E-state index in [1.165, 1.54) is 18.3 Å². The molecule has 1 fully saturated rings. The summed E-state index contributed by atoms with van der Waals surface area (Å²) >= 11 is 0. The molecule has 0 aliphatic heterocycles. The minimum absolute atomic E-state index is 0.203. The summed E-state index contributed by atoms with van der Waals surface area (Å²) in [5, 5.41) is 8.91. The van der Waals surface area contributed by atoms with Crippen LogP contribution in [0.5, 0.6) is 0 Å². The number of hydrogen-bond donors (Lipinski definition) is 1. The molecule has 74 valence electrons. The van der Waals surface area contributed by atoms with E-state index in [0.717, 1.165) is 0 Å². The first kappa shape index (κ1) is 9.12. The molecule has 0 atom stereocenters. The molecule has 1 aromatic rings. The van der Waals surface area contributed by atoms with Crippen LogP contribution in [0.25, 0.3) is 0 Å². The van der Waals surface area contributed by atoms with Crippen molar-refractivity contribution in [2.75, 3.05) is 0 Å². The van der Waals surface area contributed by atoms with Crippen molar-refractivity contribution < 1.29 is 14.3 Å². The Balaban J connectivity index is 2.19. The van der Waals surface area contributed by atoms with Gasteiger partial charge in [-0.3, -0.25) is 9.78 Å². The number of nitrogens with zero attached hydrogens (tertiary/aromatic N) is 1. The largest absolute Gasteiger partial charge is 0.481 e. The van der Waals surface area contributed by atoms with Crippen molar-refractivity contribution in [3.05, 3.63) is 29.8 Å². The molecule has 3 nitrogen and oxygen atoms in total. The van der Waals surface area contributed by atoms with Gasteiger partial charge in [0, 0.05) is 12.6 Å². The zero-order chi connectivity index (χ0) is 10.2. The molecule has 0 amide bonds. The Kier molecular flexibility index (Phi) is 1.98. The predicted molar refractivity (Wildman–Crippen MR) is 47.2 cm³/mol. The highest BCUT2D eigenvalue weighted by molar-refractivity contribution is 5.78. The van der Waals surface area contributed by atoms with E-state index in [1.807, 2.05) is 0 Å². The van der Waals surface area contributed by atoms with Gasteiger partial charge < -0.3 is 5.11 Å². The van der Waals surface area contributed by atoms with Crippen molar-refractivity contribution in [1.29, 1.82) is 0 Å². The van der Waals surface area contributed by atoms with Crippen LogP contribution in [0, 0.1) is 11.2 Å². The summed E-state index contributed by atoms with van der Waals surface area (Å²) in [5.41, 5.74) is -0.484. The monoisotopic (exact) mass is 195 g/mol. The van der Waals surface area contributed by atoms with Gasteiger partial charge in [-0.1, -0.05) is 0 Å². The molecule has 0 unspecified atom stereocenters. The normalized spacial score (nSPS) is 17.8. The molecule has 4 heteroatoms. The highest BCUT2D eigenvalue weighted by atomic mass is 19.1. The van der Waals surface area contributed by atoms with E-state index in [9.17, 15) is 9.18 Å². The summed E-state index contributed by atoms with van der Waals surface area (Å²) in [7, 11) is 0. The van der Waals surface area contributed by atoms with Crippen LogP contribution in [-0.4, -0.2) is 16.1 Å². The number of carboxylic acids is 1. The minimum Gasteiger partial charge on any atom is -0.481 e. The molecule has 0 spiro atoms. The molecule has 1 N–H and O–H groups in total. The third-order valence-corrected chi connectivity index (χ3v) is 2.65. The molecule has 0 aromatic carbocycles. The molecule has 0 bridgehead atoms. The quantitative estimate of drug-likeness (QED) is 0.797. The Morgan fingerprint density at radius 1 is 1.64 bits per heavy atom. The Morgan fingerprint density at radius 2 is 2.36 bits per heavy atom. The number of pyridine rings is 1. The van der Waals surface area contributed by atoms with Crippen LogP contribution >= 0.6 is 0 Å².